The van der Waals surface area contributed by atoms with E-state index in [9.17, 15) is 4.79 Å². The number of carbonyl (C=O) groups excluding carboxylic acids is 1. The van der Waals surface area contributed by atoms with Gasteiger partial charge >= 0.3 is 0 Å². The molecule has 0 radical (unpaired) electrons. The minimum Gasteiger partial charge on any atom is -0.324 e. The van der Waals surface area contributed by atoms with Gasteiger partial charge in [0.05, 0.1) is 40.9 Å². The van der Waals surface area contributed by atoms with Crippen LogP contribution in [0.15, 0.2) is 36.9 Å². The second kappa shape index (κ2) is 6.54. The summed E-state index contributed by atoms with van der Waals surface area (Å²) in [6, 6.07) is 3.31. The number of pyridine rings is 1. The molecule has 1 atom stereocenters. The molecule has 0 fully saturated rings. The Kier molecular flexibility index (Phi) is 3.99. The molecule has 1 aliphatic carbocycles. The van der Waals surface area contributed by atoms with Gasteiger partial charge in [-0.25, -0.2) is 14.5 Å². The minimum atomic E-state index is -0.332. The molecular weight excluding hydrogens is 403 g/mol. The Balaban J connectivity index is 1.40. The van der Waals surface area contributed by atoms with E-state index in [1.165, 1.54) is 23.4 Å². The molecule has 0 bridgehead atoms. The summed E-state index contributed by atoms with van der Waals surface area (Å²) < 4.78 is 1.70. The number of nitrogens with one attached hydrogen (secondary N) is 1. The fraction of sp³-hybridized carbons (Fsp3) is 0.176. The van der Waals surface area contributed by atoms with Gasteiger partial charge in [0.2, 0.25) is 5.91 Å². The fourth-order valence-corrected chi connectivity index (χ4v) is 3.83. The highest BCUT2D eigenvalue weighted by atomic mass is 35.5. The molecule has 4 aromatic rings. The maximum atomic E-state index is 12.8. The average Bonchev–Trinajstić information content (AvgIpc) is 3.39. The number of carbonyl (C=O) groups is 1. The summed E-state index contributed by atoms with van der Waals surface area (Å²) >= 11 is 12.2. The van der Waals surface area contributed by atoms with Gasteiger partial charge in [0.25, 0.3) is 0 Å². The Bertz CT molecular complexity index is 1200. The van der Waals surface area contributed by atoms with Crippen molar-refractivity contribution in [3.05, 3.63) is 58.4 Å². The molecule has 11 heteroatoms. The van der Waals surface area contributed by atoms with Crippen molar-refractivity contribution < 1.29 is 4.79 Å². The van der Waals surface area contributed by atoms with Gasteiger partial charge in [-0.05, 0) is 18.9 Å². The Morgan fingerprint density at radius 3 is 2.75 bits per heavy atom. The first-order chi connectivity index (χ1) is 13.6. The first-order valence-corrected chi connectivity index (χ1v) is 9.22. The minimum absolute atomic E-state index is 0.152. The SMILES string of the molecule is O=C(Nc1cnc(-n2nccn2)c(Cl)c1)C1CCc2c1cnc1cc(Cl)nn21. The van der Waals surface area contributed by atoms with Crippen LogP contribution in [0.25, 0.3) is 11.5 Å². The zero-order chi connectivity index (χ0) is 19.3. The molecule has 140 valence electrons. The third kappa shape index (κ3) is 2.79. The molecule has 5 rings (SSSR count). The number of aryl methyl sites for hydroxylation is 1. The lowest BCUT2D eigenvalue weighted by Crippen LogP contribution is -2.20. The second-order valence-electron chi connectivity index (χ2n) is 6.33. The Morgan fingerprint density at radius 2 is 1.96 bits per heavy atom. The van der Waals surface area contributed by atoms with Gasteiger partial charge in [-0.1, -0.05) is 23.2 Å². The normalized spacial score (nSPS) is 15.7. The first-order valence-electron chi connectivity index (χ1n) is 8.46. The number of amides is 1. The van der Waals surface area contributed by atoms with Crippen molar-refractivity contribution in [2.75, 3.05) is 5.32 Å². The average molecular weight is 415 g/mol. The van der Waals surface area contributed by atoms with E-state index < -0.39 is 0 Å². The zero-order valence-electron chi connectivity index (χ0n) is 14.3. The topological polar surface area (TPSA) is 103 Å². The smallest absolute Gasteiger partial charge is 0.232 e. The molecular formula is C17H12Cl2N8O. The molecule has 4 aromatic heterocycles. The lowest BCUT2D eigenvalue weighted by Gasteiger charge is -2.13. The van der Waals surface area contributed by atoms with Crippen LogP contribution in [0.1, 0.15) is 23.6 Å². The van der Waals surface area contributed by atoms with Crippen molar-refractivity contribution in [2.24, 2.45) is 0 Å². The predicted octanol–water partition coefficient (Wildman–Crippen LogP) is 2.68. The number of halogens is 2. The van der Waals surface area contributed by atoms with E-state index in [0.717, 1.165) is 11.3 Å². The number of nitrogens with zero attached hydrogens (tertiary/aromatic N) is 7. The summed E-state index contributed by atoms with van der Waals surface area (Å²) in [6.07, 6.45) is 7.68. The predicted molar refractivity (Wildman–Crippen MR) is 102 cm³/mol. The van der Waals surface area contributed by atoms with Crippen LogP contribution >= 0.6 is 23.2 Å². The molecule has 0 aromatic carbocycles. The summed E-state index contributed by atoms with van der Waals surface area (Å²) in [4.78, 5) is 22.8. The quantitative estimate of drug-likeness (QED) is 0.552. The highest BCUT2D eigenvalue weighted by Crippen LogP contribution is 2.34. The van der Waals surface area contributed by atoms with E-state index >= 15 is 0 Å². The van der Waals surface area contributed by atoms with Gasteiger partial charge in [0.15, 0.2) is 16.6 Å². The number of rotatable bonds is 3. The van der Waals surface area contributed by atoms with E-state index in [1.807, 2.05) is 0 Å². The molecule has 0 aliphatic heterocycles. The van der Waals surface area contributed by atoms with Gasteiger partial charge < -0.3 is 5.32 Å². The van der Waals surface area contributed by atoms with Crippen molar-refractivity contribution in [1.29, 1.82) is 0 Å². The van der Waals surface area contributed by atoms with E-state index in [0.29, 0.717) is 40.2 Å². The molecule has 1 aliphatic rings. The van der Waals surface area contributed by atoms with Crippen LogP contribution in [0.3, 0.4) is 0 Å². The number of hydrogen-bond acceptors (Lipinski definition) is 6. The molecule has 1 N–H and O–H groups in total. The van der Waals surface area contributed by atoms with Crippen molar-refractivity contribution in [3.8, 4) is 5.82 Å². The lowest BCUT2D eigenvalue weighted by molar-refractivity contribution is -0.117. The molecule has 0 spiro atoms. The van der Waals surface area contributed by atoms with Crippen LogP contribution in [-0.4, -0.2) is 40.5 Å². The molecule has 0 saturated carbocycles. The third-order valence-electron chi connectivity index (χ3n) is 4.64. The largest absolute Gasteiger partial charge is 0.324 e. The molecule has 28 heavy (non-hydrogen) atoms. The molecule has 0 saturated heterocycles. The zero-order valence-corrected chi connectivity index (χ0v) is 15.8. The molecule has 4 heterocycles. The van der Waals surface area contributed by atoms with Crippen LogP contribution in [0.4, 0.5) is 5.69 Å². The number of hydrogen-bond donors (Lipinski definition) is 1. The number of anilines is 1. The van der Waals surface area contributed by atoms with Crippen LogP contribution in [-0.2, 0) is 11.2 Å². The van der Waals surface area contributed by atoms with Gasteiger partial charge in [0.1, 0.15) is 0 Å². The summed E-state index contributed by atoms with van der Waals surface area (Å²) in [7, 11) is 0. The molecule has 1 unspecified atom stereocenters. The fourth-order valence-electron chi connectivity index (χ4n) is 3.42. The maximum absolute atomic E-state index is 12.8. The van der Waals surface area contributed by atoms with Crippen molar-refractivity contribution in [2.45, 2.75) is 18.8 Å². The van der Waals surface area contributed by atoms with E-state index in [1.54, 1.807) is 22.8 Å². The Morgan fingerprint density at radius 1 is 1.14 bits per heavy atom. The van der Waals surface area contributed by atoms with E-state index in [-0.39, 0.29) is 11.8 Å². The van der Waals surface area contributed by atoms with E-state index in [4.69, 9.17) is 23.2 Å². The summed E-state index contributed by atoms with van der Waals surface area (Å²) in [5, 5.41) is 15.8. The second-order valence-corrected chi connectivity index (χ2v) is 7.12. The van der Waals surface area contributed by atoms with Crippen LogP contribution in [0.5, 0.6) is 0 Å². The van der Waals surface area contributed by atoms with Gasteiger partial charge in [-0.15, -0.1) is 4.80 Å². The van der Waals surface area contributed by atoms with Crippen molar-refractivity contribution >= 4 is 40.4 Å². The highest BCUT2D eigenvalue weighted by Gasteiger charge is 2.31. The third-order valence-corrected chi connectivity index (χ3v) is 5.11. The summed E-state index contributed by atoms with van der Waals surface area (Å²) in [6.45, 7) is 0. The Labute approximate surface area is 168 Å². The highest BCUT2D eigenvalue weighted by molar-refractivity contribution is 6.32. The number of aromatic nitrogens is 7. The monoisotopic (exact) mass is 414 g/mol. The number of fused-ring (bicyclic) bond motifs is 3. The first kappa shape index (κ1) is 17.1. The Hall–Kier alpha value is -3.04. The molecule has 9 nitrogen and oxygen atoms in total. The van der Waals surface area contributed by atoms with Crippen molar-refractivity contribution in [3.63, 3.8) is 0 Å². The maximum Gasteiger partial charge on any atom is 0.232 e. The van der Waals surface area contributed by atoms with Crippen LogP contribution in [0, 0.1) is 0 Å². The van der Waals surface area contributed by atoms with Crippen molar-refractivity contribution in [1.82, 2.24) is 34.6 Å². The lowest BCUT2D eigenvalue weighted by atomic mass is 10.0. The van der Waals surface area contributed by atoms with Gasteiger partial charge in [-0.3, -0.25) is 4.79 Å². The van der Waals surface area contributed by atoms with Gasteiger partial charge in [-0.2, -0.15) is 15.3 Å². The standard InChI is InChI=1S/C17H12Cl2N8O/c18-12-5-9(7-21-16(12)27-22-3-4-23-27)24-17(28)10-1-2-13-11(10)8-20-15-6-14(19)25-26(13)15/h3-8,10H,1-2H2,(H,24,28). The van der Waals surface area contributed by atoms with Crippen LogP contribution < -0.4 is 5.32 Å². The summed E-state index contributed by atoms with van der Waals surface area (Å²) in [5.74, 6) is -0.0971. The molecule has 1 amide bonds. The van der Waals surface area contributed by atoms with Crippen LogP contribution in [0.2, 0.25) is 10.2 Å². The van der Waals surface area contributed by atoms with E-state index in [2.05, 4.69) is 30.6 Å². The summed E-state index contributed by atoms with van der Waals surface area (Å²) in [5.41, 5.74) is 2.97. The van der Waals surface area contributed by atoms with Gasteiger partial charge in [0, 0.05) is 17.8 Å².